The lowest BCUT2D eigenvalue weighted by Crippen LogP contribution is -2.35. The lowest BCUT2D eigenvalue weighted by molar-refractivity contribution is -0.125. The second-order valence-corrected chi connectivity index (χ2v) is 7.11. The highest BCUT2D eigenvalue weighted by Crippen LogP contribution is 2.38. The fourth-order valence-corrected chi connectivity index (χ4v) is 3.57. The number of ether oxygens (including phenoxy) is 2. The van der Waals surface area contributed by atoms with Gasteiger partial charge in [0.15, 0.2) is 0 Å². The third-order valence-electron chi connectivity index (χ3n) is 5.09. The maximum absolute atomic E-state index is 13.0. The minimum atomic E-state index is -0.827. The van der Waals surface area contributed by atoms with Crippen LogP contribution in [0.2, 0.25) is 0 Å². The third-order valence-corrected chi connectivity index (χ3v) is 5.09. The van der Waals surface area contributed by atoms with Crippen LogP contribution in [0.4, 0.5) is 11.5 Å². The molecule has 9 nitrogen and oxygen atoms in total. The molecule has 2 amide bonds. The minimum absolute atomic E-state index is 0.0488. The van der Waals surface area contributed by atoms with Crippen LogP contribution in [0.15, 0.2) is 54.7 Å². The van der Waals surface area contributed by atoms with Crippen LogP contribution in [-0.4, -0.2) is 41.3 Å². The first-order valence-electron chi connectivity index (χ1n) is 10.1. The number of hydrogen-bond acceptors (Lipinski definition) is 6. The number of hydrogen-bond donors (Lipinski definition) is 2. The maximum atomic E-state index is 13.0. The normalized spacial score (nSPS) is 14.8. The van der Waals surface area contributed by atoms with Gasteiger partial charge in [-0.1, -0.05) is 18.2 Å². The summed E-state index contributed by atoms with van der Waals surface area (Å²) in [5.41, 5.74) is 2.30. The van der Waals surface area contributed by atoms with Crippen LogP contribution in [0.1, 0.15) is 29.7 Å². The molecule has 0 saturated carbocycles. The molecular formula is C23H22N4O5. The Kier molecular flexibility index (Phi) is 5.89. The monoisotopic (exact) mass is 434 g/mol. The number of amides is 2. The van der Waals surface area contributed by atoms with Crippen molar-refractivity contribution >= 4 is 29.3 Å². The van der Waals surface area contributed by atoms with Crippen molar-refractivity contribution in [1.29, 1.82) is 0 Å². The first kappa shape index (κ1) is 21.1. The molecule has 2 heterocycles. The number of nitrogens with one attached hydrogen (secondary N) is 2. The summed E-state index contributed by atoms with van der Waals surface area (Å²) in [7, 11) is 1.57. The molecule has 2 aromatic carbocycles. The van der Waals surface area contributed by atoms with E-state index >= 15 is 0 Å². The van der Waals surface area contributed by atoms with Crippen LogP contribution in [0.3, 0.4) is 0 Å². The van der Waals surface area contributed by atoms with Gasteiger partial charge in [-0.25, -0.2) is 9.48 Å². The Labute approximate surface area is 184 Å². The number of benzene rings is 2. The number of carbonyl (C=O) groups excluding carboxylic acids is 3. The van der Waals surface area contributed by atoms with Crippen molar-refractivity contribution in [2.45, 2.75) is 19.4 Å². The topological polar surface area (TPSA) is 112 Å². The summed E-state index contributed by atoms with van der Waals surface area (Å²) in [5, 5.41) is 9.97. The number of para-hydroxylation sites is 1. The lowest BCUT2D eigenvalue weighted by Gasteiger charge is -2.24. The number of nitrogens with zero attached hydrogens (tertiary/aromatic N) is 2. The van der Waals surface area contributed by atoms with E-state index in [1.165, 1.54) is 4.68 Å². The molecule has 0 saturated heterocycles. The summed E-state index contributed by atoms with van der Waals surface area (Å²) in [6, 6.07) is 12.9. The number of fused-ring (bicyclic) bond motifs is 1. The molecule has 32 heavy (non-hydrogen) atoms. The van der Waals surface area contributed by atoms with E-state index in [1.54, 1.807) is 44.5 Å². The van der Waals surface area contributed by atoms with E-state index in [9.17, 15) is 14.4 Å². The zero-order valence-electron chi connectivity index (χ0n) is 17.6. The molecule has 1 aromatic heterocycles. The highest BCUT2D eigenvalue weighted by Gasteiger charge is 2.33. The van der Waals surface area contributed by atoms with E-state index in [1.807, 2.05) is 24.3 Å². The number of esters is 1. The van der Waals surface area contributed by atoms with Gasteiger partial charge in [-0.3, -0.25) is 9.59 Å². The SMILES string of the molecule is CCOC(=O)c1ccc(NC(=O)[C@H]2CC(=O)Nc3c(-c4ccccc4OC)cnn32)cc1. The minimum Gasteiger partial charge on any atom is -0.496 e. The van der Waals surface area contributed by atoms with Gasteiger partial charge in [0.05, 0.1) is 31.9 Å². The van der Waals surface area contributed by atoms with Crippen molar-refractivity contribution in [3.05, 3.63) is 60.3 Å². The average molecular weight is 434 g/mol. The Morgan fingerprint density at radius 2 is 1.91 bits per heavy atom. The quantitative estimate of drug-likeness (QED) is 0.576. The molecule has 0 aliphatic carbocycles. The molecule has 1 aliphatic heterocycles. The Bertz CT molecular complexity index is 1170. The van der Waals surface area contributed by atoms with Gasteiger partial charge in [0, 0.05) is 16.8 Å². The molecule has 164 valence electrons. The molecule has 9 heteroatoms. The maximum Gasteiger partial charge on any atom is 0.338 e. The Balaban J connectivity index is 1.58. The van der Waals surface area contributed by atoms with Gasteiger partial charge < -0.3 is 20.1 Å². The van der Waals surface area contributed by atoms with Gasteiger partial charge in [-0.2, -0.15) is 5.10 Å². The first-order chi connectivity index (χ1) is 15.5. The van der Waals surface area contributed by atoms with E-state index in [4.69, 9.17) is 9.47 Å². The molecule has 1 aliphatic rings. The van der Waals surface area contributed by atoms with Crippen molar-refractivity contribution in [2.75, 3.05) is 24.4 Å². The van der Waals surface area contributed by atoms with Gasteiger partial charge in [0.1, 0.15) is 17.6 Å². The number of methoxy groups -OCH3 is 1. The van der Waals surface area contributed by atoms with Crippen molar-refractivity contribution < 1.29 is 23.9 Å². The van der Waals surface area contributed by atoms with Gasteiger partial charge >= 0.3 is 5.97 Å². The summed E-state index contributed by atoms with van der Waals surface area (Å²) in [4.78, 5) is 37.2. The van der Waals surface area contributed by atoms with Gasteiger partial charge in [-0.15, -0.1) is 0 Å². The van der Waals surface area contributed by atoms with Crippen molar-refractivity contribution in [3.63, 3.8) is 0 Å². The Hall–Kier alpha value is -4.14. The standard InChI is InChI=1S/C23H22N4O5/c1-3-32-23(30)14-8-10-15(11-9-14)25-22(29)18-12-20(28)26-21-17(13-24-27(18)21)16-6-4-5-7-19(16)31-2/h4-11,13,18H,3,12H2,1-2H3,(H,25,29)(H,26,28)/t18-/m1/s1. The fraction of sp³-hybridized carbons (Fsp3) is 0.217. The highest BCUT2D eigenvalue weighted by molar-refractivity contribution is 6.03. The molecule has 4 rings (SSSR count). The largest absolute Gasteiger partial charge is 0.496 e. The van der Waals surface area contributed by atoms with Crippen LogP contribution >= 0.6 is 0 Å². The van der Waals surface area contributed by atoms with E-state index in [0.717, 1.165) is 5.56 Å². The number of anilines is 2. The predicted molar refractivity (Wildman–Crippen MR) is 118 cm³/mol. The van der Waals surface area contributed by atoms with E-state index in [2.05, 4.69) is 15.7 Å². The highest BCUT2D eigenvalue weighted by atomic mass is 16.5. The summed E-state index contributed by atoms with van der Waals surface area (Å²) in [6.07, 6.45) is 1.56. The van der Waals surface area contributed by atoms with Crippen molar-refractivity contribution in [1.82, 2.24) is 9.78 Å². The summed E-state index contributed by atoms with van der Waals surface area (Å²) < 4.78 is 11.9. The van der Waals surface area contributed by atoms with Crippen LogP contribution in [0.25, 0.3) is 11.1 Å². The van der Waals surface area contributed by atoms with Gasteiger partial charge in [0.2, 0.25) is 11.8 Å². The molecular weight excluding hydrogens is 412 g/mol. The second-order valence-electron chi connectivity index (χ2n) is 7.11. The molecule has 0 spiro atoms. The molecule has 0 radical (unpaired) electrons. The Morgan fingerprint density at radius 3 is 2.62 bits per heavy atom. The molecule has 2 N–H and O–H groups in total. The summed E-state index contributed by atoms with van der Waals surface area (Å²) >= 11 is 0. The van der Waals surface area contributed by atoms with Gasteiger partial charge in [-0.05, 0) is 37.3 Å². The number of rotatable bonds is 6. The van der Waals surface area contributed by atoms with Crippen LogP contribution in [-0.2, 0) is 14.3 Å². The summed E-state index contributed by atoms with van der Waals surface area (Å²) in [5.74, 6) is -0.0413. The summed E-state index contributed by atoms with van der Waals surface area (Å²) in [6.45, 7) is 2.01. The molecule has 0 unspecified atom stereocenters. The smallest absolute Gasteiger partial charge is 0.338 e. The molecule has 0 bridgehead atoms. The second kappa shape index (κ2) is 8.93. The van der Waals surface area contributed by atoms with E-state index in [-0.39, 0.29) is 24.8 Å². The fourth-order valence-electron chi connectivity index (χ4n) is 3.57. The number of carbonyl (C=O) groups is 3. The molecule has 0 fully saturated rings. The van der Waals surface area contributed by atoms with Crippen LogP contribution in [0.5, 0.6) is 5.75 Å². The van der Waals surface area contributed by atoms with Crippen molar-refractivity contribution in [2.24, 2.45) is 0 Å². The zero-order valence-corrected chi connectivity index (χ0v) is 17.6. The van der Waals surface area contributed by atoms with Crippen LogP contribution in [0, 0.1) is 0 Å². The first-order valence-corrected chi connectivity index (χ1v) is 10.1. The zero-order chi connectivity index (χ0) is 22.7. The van der Waals surface area contributed by atoms with Crippen molar-refractivity contribution in [3.8, 4) is 16.9 Å². The molecule has 3 aromatic rings. The van der Waals surface area contributed by atoms with E-state index in [0.29, 0.717) is 28.4 Å². The number of aromatic nitrogens is 2. The van der Waals surface area contributed by atoms with Crippen LogP contribution < -0.4 is 15.4 Å². The average Bonchev–Trinajstić information content (AvgIpc) is 3.22. The van der Waals surface area contributed by atoms with E-state index < -0.39 is 12.0 Å². The Morgan fingerprint density at radius 1 is 1.16 bits per heavy atom. The van der Waals surface area contributed by atoms with Gasteiger partial charge in [0.25, 0.3) is 0 Å². The lowest BCUT2D eigenvalue weighted by atomic mass is 10.1. The predicted octanol–water partition coefficient (Wildman–Crippen LogP) is 3.26. The molecule has 1 atom stereocenters. The third kappa shape index (κ3) is 4.04.